The van der Waals surface area contributed by atoms with Gasteiger partial charge in [-0.3, -0.25) is 4.98 Å². The molecule has 25 heavy (non-hydrogen) atoms. The first-order valence-electron chi connectivity index (χ1n) is 6.53. The maximum Gasteiger partial charge on any atom is 0.340 e. The Balaban J connectivity index is 2.18. The molecule has 130 valence electrons. The summed E-state index contributed by atoms with van der Waals surface area (Å²) in [7, 11) is -4.27. The Morgan fingerprint density at radius 2 is 1.72 bits per heavy atom. The maximum atomic E-state index is 12.7. The quantitative estimate of drug-likeness (QED) is 0.279. The summed E-state index contributed by atoms with van der Waals surface area (Å²) in [5.74, 6) is 0.0425. The molecule has 0 saturated heterocycles. The van der Waals surface area contributed by atoms with Crippen LogP contribution in [-0.2, 0) is 10.1 Å². The van der Waals surface area contributed by atoms with Crippen LogP contribution in [0.5, 0.6) is 5.75 Å². The third kappa shape index (κ3) is 3.63. The van der Waals surface area contributed by atoms with E-state index in [4.69, 9.17) is 39.0 Å². The SMILES string of the molecule is O=S(=O)(Oc1c(Br)cc(Br)c2cccnc12)c1ccc(Cl)c(Cl)c1Cl. The highest BCUT2D eigenvalue weighted by Crippen LogP contribution is 2.40. The summed E-state index contributed by atoms with van der Waals surface area (Å²) >= 11 is 24.5. The van der Waals surface area contributed by atoms with Crippen LogP contribution in [0.1, 0.15) is 0 Å². The van der Waals surface area contributed by atoms with Crippen molar-refractivity contribution in [2.75, 3.05) is 0 Å². The van der Waals surface area contributed by atoms with E-state index in [2.05, 4.69) is 36.8 Å². The summed E-state index contributed by atoms with van der Waals surface area (Å²) in [5, 5.41) is 0.559. The van der Waals surface area contributed by atoms with Crippen LogP contribution in [0.4, 0.5) is 0 Å². The Morgan fingerprint density at radius 1 is 1.00 bits per heavy atom. The van der Waals surface area contributed by atoms with Crippen LogP contribution >= 0.6 is 66.7 Å². The monoisotopic (exact) mass is 543 g/mol. The molecule has 0 bridgehead atoms. The molecule has 0 amide bonds. The zero-order valence-electron chi connectivity index (χ0n) is 11.9. The van der Waals surface area contributed by atoms with Gasteiger partial charge in [-0.15, -0.1) is 0 Å². The first-order valence-corrected chi connectivity index (χ1v) is 10.7. The van der Waals surface area contributed by atoms with Crippen LogP contribution in [0.25, 0.3) is 10.9 Å². The second kappa shape index (κ2) is 7.21. The van der Waals surface area contributed by atoms with Crippen molar-refractivity contribution in [3.8, 4) is 5.75 Å². The predicted molar refractivity (Wildman–Crippen MR) is 106 cm³/mol. The third-order valence-corrected chi connectivity index (χ3v) is 7.13. The fourth-order valence-corrected chi connectivity index (χ4v) is 5.45. The van der Waals surface area contributed by atoms with Crippen molar-refractivity contribution >= 4 is 87.7 Å². The van der Waals surface area contributed by atoms with Gasteiger partial charge in [0.05, 0.1) is 19.5 Å². The number of rotatable bonds is 3. The minimum atomic E-state index is -4.27. The van der Waals surface area contributed by atoms with E-state index in [0.29, 0.717) is 15.4 Å². The number of hydrogen-bond acceptors (Lipinski definition) is 4. The molecule has 10 heteroatoms. The van der Waals surface area contributed by atoms with Gasteiger partial charge < -0.3 is 4.18 Å². The third-order valence-electron chi connectivity index (χ3n) is 3.21. The van der Waals surface area contributed by atoms with Gasteiger partial charge in [-0.25, -0.2) is 0 Å². The summed E-state index contributed by atoms with van der Waals surface area (Å²) in [6.07, 6.45) is 1.53. The van der Waals surface area contributed by atoms with Gasteiger partial charge in [0.2, 0.25) is 0 Å². The second-order valence-corrected chi connectivity index (χ2v) is 9.17. The molecule has 0 spiro atoms. The van der Waals surface area contributed by atoms with Crippen LogP contribution in [0, 0.1) is 0 Å². The second-order valence-electron chi connectivity index (χ2n) is 4.78. The zero-order chi connectivity index (χ0) is 18.4. The van der Waals surface area contributed by atoms with Gasteiger partial charge in [0.25, 0.3) is 0 Å². The van der Waals surface area contributed by atoms with Gasteiger partial charge in [-0.1, -0.05) is 56.8 Å². The number of pyridine rings is 1. The van der Waals surface area contributed by atoms with Gasteiger partial charge >= 0.3 is 10.1 Å². The molecule has 0 aliphatic rings. The average molecular weight is 546 g/mol. The molecule has 0 saturated carbocycles. The number of aromatic nitrogens is 1. The fourth-order valence-electron chi connectivity index (χ4n) is 2.08. The highest BCUT2D eigenvalue weighted by molar-refractivity contribution is 9.11. The molecule has 2 aromatic carbocycles. The molecule has 0 fully saturated rings. The molecule has 4 nitrogen and oxygen atoms in total. The summed E-state index contributed by atoms with van der Waals surface area (Å²) in [6.45, 7) is 0. The largest absolute Gasteiger partial charge is 0.375 e. The molecule has 0 radical (unpaired) electrons. The number of fused-ring (bicyclic) bond motifs is 1. The number of nitrogens with zero attached hydrogens (tertiary/aromatic N) is 1. The van der Waals surface area contributed by atoms with Gasteiger partial charge in [0.1, 0.15) is 10.4 Å². The number of halogens is 5. The lowest BCUT2D eigenvalue weighted by molar-refractivity contribution is 0.487. The molecule has 0 N–H and O–H groups in total. The van der Waals surface area contributed by atoms with E-state index in [0.717, 1.165) is 4.47 Å². The molecule has 1 heterocycles. The van der Waals surface area contributed by atoms with E-state index in [1.807, 2.05) is 0 Å². The zero-order valence-corrected chi connectivity index (χ0v) is 18.2. The van der Waals surface area contributed by atoms with Crippen molar-refractivity contribution in [2.24, 2.45) is 0 Å². The average Bonchev–Trinajstić information content (AvgIpc) is 2.56. The Labute approximate surface area is 175 Å². The van der Waals surface area contributed by atoms with E-state index in [-0.39, 0.29) is 25.7 Å². The number of benzene rings is 2. The molecule has 0 atom stereocenters. The van der Waals surface area contributed by atoms with E-state index >= 15 is 0 Å². The Morgan fingerprint density at radius 3 is 2.44 bits per heavy atom. The Kier molecular flexibility index (Phi) is 5.54. The van der Waals surface area contributed by atoms with Crippen molar-refractivity contribution in [2.45, 2.75) is 4.90 Å². The van der Waals surface area contributed by atoms with E-state index in [9.17, 15) is 8.42 Å². The Bertz CT molecular complexity index is 1110. The molecule has 1 aromatic heterocycles. The lowest BCUT2D eigenvalue weighted by Gasteiger charge is -2.13. The standard InChI is InChI=1S/C15H6Br2Cl3NO3S/c16-8-6-9(17)15(14-7(8)2-1-5-21-14)24-25(22,23)11-4-3-10(18)12(19)13(11)20/h1-6H. The lowest BCUT2D eigenvalue weighted by Crippen LogP contribution is -2.11. The van der Waals surface area contributed by atoms with E-state index < -0.39 is 10.1 Å². The van der Waals surface area contributed by atoms with Gasteiger partial charge in [0.15, 0.2) is 5.75 Å². The number of hydrogen-bond donors (Lipinski definition) is 0. The fraction of sp³-hybridized carbons (Fsp3) is 0. The summed E-state index contributed by atoms with van der Waals surface area (Å²) in [6, 6.07) is 7.75. The summed E-state index contributed by atoms with van der Waals surface area (Å²) < 4.78 is 31.9. The van der Waals surface area contributed by atoms with Gasteiger partial charge in [-0.05, 0) is 40.2 Å². The van der Waals surface area contributed by atoms with E-state index in [1.54, 1.807) is 18.2 Å². The van der Waals surface area contributed by atoms with Gasteiger partial charge in [-0.2, -0.15) is 8.42 Å². The van der Waals surface area contributed by atoms with Crippen LogP contribution < -0.4 is 4.18 Å². The Hall–Kier alpha value is -0.570. The van der Waals surface area contributed by atoms with Crippen molar-refractivity contribution < 1.29 is 12.6 Å². The minimum Gasteiger partial charge on any atom is -0.375 e. The molecule has 0 aliphatic heterocycles. The lowest BCUT2D eigenvalue weighted by atomic mass is 10.2. The predicted octanol–water partition coefficient (Wildman–Crippen LogP) is 6.49. The van der Waals surface area contributed by atoms with E-state index in [1.165, 1.54) is 18.3 Å². The molecular formula is C15H6Br2Cl3NO3S. The van der Waals surface area contributed by atoms with Crippen LogP contribution in [0.2, 0.25) is 15.1 Å². The van der Waals surface area contributed by atoms with Crippen LogP contribution in [0.3, 0.4) is 0 Å². The van der Waals surface area contributed by atoms with Crippen LogP contribution in [-0.4, -0.2) is 13.4 Å². The van der Waals surface area contributed by atoms with Crippen molar-refractivity contribution in [1.29, 1.82) is 0 Å². The first-order chi connectivity index (χ1) is 11.7. The summed E-state index contributed by atoms with van der Waals surface area (Å²) in [5.41, 5.74) is 0.364. The highest BCUT2D eigenvalue weighted by Gasteiger charge is 2.26. The minimum absolute atomic E-state index is 0.0425. The highest BCUT2D eigenvalue weighted by atomic mass is 79.9. The molecule has 0 aliphatic carbocycles. The van der Waals surface area contributed by atoms with Crippen molar-refractivity contribution in [3.05, 3.63) is 60.5 Å². The normalized spacial score (nSPS) is 11.7. The smallest absolute Gasteiger partial charge is 0.340 e. The van der Waals surface area contributed by atoms with Crippen molar-refractivity contribution in [3.63, 3.8) is 0 Å². The van der Waals surface area contributed by atoms with Crippen LogP contribution in [0.15, 0.2) is 50.4 Å². The molecule has 0 unspecified atom stereocenters. The summed E-state index contributed by atoms with van der Waals surface area (Å²) in [4.78, 5) is 3.92. The van der Waals surface area contributed by atoms with Gasteiger partial charge in [0, 0.05) is 16.1 Å². The molecule has 3 rings (SSSR count). The topological polar surface area (TPSA) is 56.3 Å². The molecular weight excluding hydrogens is 540 g/mol. The molecule has 3 aromatic rings. The first kappa shape index (κ1) is 19.2. The maximum absolute atomic E-state index is 12.7. The van der Waals surface area contributed by atoms with Crippen molar-refractivity contribution in [1.82, 2.24) is 4.98 Å².